The summed E-state index contributed by atoms with van der Waals surface area (Å²) in [7, 11) is 1.75. The van der Waals surface area contributed by atoms with E-state index >= 15 is 9.59 Å². The number of aryl methyl sites for hydroxylation is 4. The minimum absolute atomic E-state index is 0.111. The molecule has 5 heterocycles. The van der Waals surface area contributed by atoms with Gasteiger partial charge in [0, 0.05) is 54.4 Å². The summed E-state index contributed by atoms with van der Waals surface area (Å²) >= 11 is 7.94. The molecule has 5 aliphatic rings. The molecule has 6 unspecified atom stereocenters. The Morgan fingerprint density at radius 1 is 0.900 bits per heavy atom. The van der Waals surface area contributed by atoms with Crippen molar-refractivity contribution in [3.05, 3.63) is 111 Å². The van der Waals surface area contributed by atoms with Gasteiger partial charge in [0.2, 0.25) is 23.6 Å². The number of likely N-dealkylation sites (tertiary alicyclic amines) is 2. The molecule has 1 saturated carbocycles. The highest BCUT2D eigenvalue weighted by Crippen LogP contribution is 2.64. The van der Waals surface area contributed by atoms with Crippen molar-refractivity contribution in [2.45, 2.75) is 71.9 Å². The van der Waals surface area contributed by atoms with Gasteiger partial charge in [-0.05, 0) is 111 Å². The van der Waals surface area contributed by atoms with E-state index < -0.39 is 35.0 Å². The van der Waals surface area contributed by atoms with Gasteiger partial charge < -0.3 is 5.11 Å². The lowest BCUT2D eigenvalue weighted by Gasteiger charge is -2.49. The predicted molar refractivity (Wildman–Crippen MR) is 233 cm³/mol. The van der Waals surface area contributed by atoms with E-state index in [-0.39, 0.29) is 41.8 Å². The smallest absolute Gasteiger partial charge is 0.242 e. The largest absolute Gasteiger partial charge is 0.507 e. The van der Waals surface area contributed by atoms with Crippen molar-refractivity contribution in [1.82, 2.24) is 19.6 Å². The summed E-state index contributed by atoms with van der Waals surface area (Å²) in [5.41, 5.74) is 4.80. The Labute approximate surface area is 358 Å². The Morgan fingerprint density at radius 3 is 2.33 bits per heavy atom. The predicted octanol–water partition coefficient (Wildman–Crippen LogP) is 8.48. The number of hydrogen-bond acceptors (Lipinski definition) is 8. The molecule has 5 aromatic rings. The van der Waals surface area contributed by atoms with Crippen LogP contribution in [0.4, 0.5) is 5.82 Å². The number of allylic oxidation sites excluding steroid dienone is 2. The summed E-state index contributed by atoms with van der Waals surface area (Å²) < 4.78 is 2.67. The Hall–Kier alpha value is -5.10. The number of carbonyl (C=O) groups excluding carboxylic acids is 4. The van der Waals surface area contributed by atoms with E-state index in [0.29, 0.717) is 46.9 Å². The molecule has 0 radical (unpaired) electrons. The van der Waals surface area contributed by atoms with Gasteiger partial charge in [-0.1, -0.05) is 65.7 Å². The van der Waals surface area contributed by atoms with Crippen molar-refractivity contribution < 1.29 is 24.3 Å². The zero-order valence-electron chi connectivity index (χ0n) is 34.4. The van der Waals surface area contributed by atoms with Gasteiger partial charge in [0.1, 0.15) is 17.3 Å². The van der Waals surface area contributed by atoms with Crippen LogP contribution in [0.2, 0.25) is 5.02 Å². The number of amides is 4. The zero-order valence-corrected chi connectivity index (χ0v) is 36.0. The first-order valence-corrected chi connectivity index (χ1v) is 22.2. The van der Waals surface area contributed by atoms with Crippen molar-refractivity contribution in [2.75, 3.05) is 18.0 Å². The average Bonchev–Trinajstić information content (AvgIpc) is 3.90. The van der Waals surface area contributed by atoms with Crippen LogP contribution in [0.15, 0.2) is 78.4 Å². The number of fused-ring (bicyclic) bond motifs is 5. The summed E-state index contributed by atoms with van der Waals surface area (Å²) in [6.45, 7) is 10.0. The topological polar surface area (TPSA) is 116 Å². The van der Waals surface area contributed by atoms with Gasteiger partial charge in [-0.15, -0.1) is 11.3 Å². The fourth-order valence-corrected chi connectivity index (χ4v) is 12.9. The molecule has 4 amide bonds. The summed E-state index contributed by atoms with van der Waals surface area (Å²) in [5, 5.41) is 17.4. The number of thiophene rings is 1. The molecule has 60 heavy (non-hydrogen) atoms. The molecule has 0 spiro atoms. The third kappa shape index (κ3) is 5.79. The summed E-state index contributed by atoms with van der Waals surface area (Å²) in [4.78, 5) is 65.8. The van der Waals surface area contributed by atoms with E-state index in [1.165, 1.54) is 10.5 Å². The Balaban J connectivity index is 1.00. The maximum absolute atomic E-state index is 15.3. The van der Waals surface area contributed by atoms with E-state index in [2.05, 4.69) is 23.1 Å². The zero-order chi connectivity index (χ0) is 41.9. The van der Waals surface area contributed by atoms with Crippen LogP contribution in [0, 0.1) is 49.9 Å². The second-order valence-electron chi connectivity index (χ2n) is 17.9. The number of phenols is 1. The van der Waals surface area contributed by atoms with Crippen molar-refractivity contribution in [2.24, 2.45) is 36.1 Å². The number of anilines is 1. The fourth-order valence-electron chi connectivity index (χ4n) is 11.5. The number of rotatable bonds is 6. The van der Waals surface area contributed by atoms with E-state index in [1.807, 2.05) is 82.3 Å². The SMILES string of the molecule is Cc1cc(C2C3=CCC4C(=O)N(C5CCN(Cc6ccccc6)CC5)C(=O)C4C3CC3C(=O)N(c4cc(-c5sc6ccc(Cl)cc6c5C)nn4C)C(=O)C32C)cc(C)c1O. The number of imide groups is 2. The third-order valence-corrected chi connectivity index (χ3v) is 16.1. The van der Waals surface area contributed by atoms with Crippen LogP contribution in [0.5, 0.6) is 5.75 Å². The molecule has 3 aliphatic heterocycles. The molecule has 2 aliphatic carbocycles. The number of benzene rings is 3. The Bertz CT molecular complexity index is 2660. The van der Waals surface area contributed by atoms with E-state index in [9.17, 15) is 14.7 Å². The van der Waals surface area contributed by atoms with E-state index in [4.69, 9.17) is 16.7 Å². The van der Waals surface area contributed by atoms with Crippen molar-refractivity contribution in [3.8, 4) is 16.3 Å². The summed E-state index contributed by atoms with van der Waals surface area (Å²) in [6.07, 6.45) is 4.21. The summed E-state index contributed by atoms with van der Waals surface area (Å²) in [6, 6.07) is 21.6. The maximum Gasteiger partial charge on any atom is 0.242 e. The first-order chi connectivity index (χ1) is 28.8. The lowest BCUT2D eigenvalue weighted by Crippen LogP contribution is -2.49. The van der Waals surface area contributed by atoms with Crippen LogP contribution in [0.1, 0.15) is 66.3 Å². The van der Waals surface area contributed by atoms with Crippen molar-refractivity contribution in [3.63, 3.8) is 0 Å². The number of piperidine rings is 1. The number of phenolic OH excluding ortho intramolecular Hbond substituents is 1. The third-order valence-electron chi connectivity index (χ3n) is 14.5. The first-order valence-electron chi connectivity index (χ1n) is 21.0. The minimum Gasteiger partial charge on any atom is -0.507 e. The van der Waals surface area contributed by atoms with Gasteiger partial charge in [-0.3, -0.25) is 33.7 Å². The highest BCUT2D eigenvalue weighted by Gasteiger charge is 2.68. The van der Waals surface area contributed by atoms with Gasteiger partial charge in [0.25, 0.3) is 0 Å². The van der Waals surface area contributed by atoms with Gasteiger partial charge >= 0.3 is 0 Å². The van der Waals surface area contributed by atoms with E-state index in [0.717, 1.165) is 51.3 Å². The molecule has 10 nitrogen and oxygen atoms in total. The Kier molecular flexibility index (Phi) is 9.27. The molecule has 12 heteroatoms. The van der Waals surface area contributed by atoms with E-state index in [1.54, 1.807) is 28.0 Å². The Morgan fingerprint density at radius 2 is 1.62 bits per heavy atom. The van der Waals surface area contributed by atoms with Gasteiger partial charge in [-0.25, -0.2) is 4.90 Å². The molecule has 4 fully saturated rings. The number of halogens is 1. The van der Waals surface area contributed by atoms with Gasteiger partial charge in [-0.2, -0.15) is 5.10 Å². The van der Waals surface area contributed by atoms with Crippen molar-refractivity contribution >= 4 is 62.5 Å². The number of aromatic nitrogens is 2. The van der Waals surface area contributed by atoms with Crippen LogP contribution >= 0.6 is 22.9 Å². The number of aromatic hydroxyl groups is 1. The van der Waals surface area contributed by atoms with Gasteiger partial charge in [0.05, 0.1) is 28.0 Å². The van der Waals surface area contributed by atoms with Crippen molar-refractivity contribution in [1.29, 1.82) is 0 Å². The average molecular weight is 842 g/mol. The second kappa shape index (κ2) is 14.2. The van der Waals surface area contributed by atoms with Gasteiger partial charge in [0.15, 0.2) is 0 Å². The van der Waals surface area contributed by atoms with Crippen LogP contribution in [0.25, 0.3) is 20.7 Å². The van der Waals surface area contributed by atoms with Crippen LogP contribution in [-0.2, 0) is 32.8 Å². The molecule has 1 N–H and O–H groups in total. The molecule has 3 saturated heterocycles. The number of hydrogen-bond donors (Lipinski definition) is 1. The molecule has 6 atom stereocenters. The maximum atomic E-state index is 15.3. The monoisotopic (exact) mass is 841 g/mol. The number of nitrogens with zero attached hydrogens (tertiary/aromatic N) is 5. The fraction of sp³-hybridized carbons (Fsp3) is 0.396. The molecule has 3 aromatic carbocycles. The standard InChI is InChI=1S/C48H48ClN5O5S/c1-25-19-29(20-26(2)42(25)55)41-32-12-13-33-40(46(58)53(44(33)56)31-15-17-52(18-16-31)24-28-9-7-6-8-10-28)35(32)22-36-45(57)54(47(59)48(36,41)4)39-23-37(50-51(39)5)43-27(3)34-21-30(49)11-14-38(34)60-43/h6-12,14,19-21,23,31,33,35-36,40-41,55H,13,15-18,22,24H2,1-5H3. The molecular weight excluding hydrogens is 794 g/mol. The minimum atomic E-state index is -1.21. The molecule has 308 valence electrons. The quantitative estimate of drug-likeness (QED) is 0.135. The molecule has 2 aromatic heterocycles. The molecule has 10 rings (SSSR count). The van der Waals surface area contributed by atoms with Crippen LogP contribution in [0.3, 0.4) is 0 Å². The number of carbonyl (C=O) groups is 4. The first kappa shape index (κ1) is 39.1. The molecule has 0 bridgehead atoms. The normalized spacial score (nSPS) is 27.2. The second-order valence-corrected chi connectivity index (χ2v) is 19.4. The molecular formula is C48H48ClN5O5S. The lowest BCUT2D eigenvalue weighted by atomic mass is 9.51. The van der Waals surface area contributed by atoms with Crippen LogP contribution in [-0.4, -0.2) is 67.4 Å². The van der Waals surface area contributed by atoms with Crippen LogP contribution < -0.4 is 4.90 Å². The summed E-state index contributed by atoms with van der Waals surface area (Å²) in [5.74, 6) is -3.20. The lowest BCUT2D eigenvalue weighted by molar-refractivity contribution is -0.144. The highest BCUT2D eigenvalue weighted by atomic mass is 35.5. The highest BCUT2D eigenvalue weighted by molar-refractivity contribution is 7.22.